The Labute approximate surface area is 138 Å². The smallest absolute Gasteiger partial charge is 0.233 e. The van der Waals surface area contributed by atoms with E-state index in [2.05, 4.69) is 34.5 Å². The highest BCUT2D eigenvalue weighted by atomic mass is 35.5. The second-order valence-corrected chi connectivity index (χ2v) is 7.17. The third-order valence-corrected chi connectivity index (χ3v) is 5.88. The van der Waals surface area contributed by atoms with Gasteiger partial charge in [-0.25, -0.2) is 0 Å². The van der Waals surface area contributed by atoms with Crippen molar-refractivity contribution in [3.05, 3.63) is 35.9 Å². The van der Waals surface area contributed by atoms with Gasteiger partial charge in [0.15, 0.2) is 0 Å². The lowest BCUT2D eigenvalue weighted by Crippen LogP contribution is -2.42. The molecule has 1 amide bonds. The van der Waals surface area contributed by atoms with Gasteiger partial charge in [0, 0.05) is 13.1 Å². The number of nitrogens with zero attached hydrogens (tertiary/aromatic N) is 1. The van der Waals surface area contributed by atoms with Gasteiger partial charge in [-0.2, -0.15) is 0 Å². The molecule has 2 heterocycles. The lowest BCUT2D eigenvalue weighted by atomic mass is 9.78. The second-order valence-electron chi connectivity index (χ2n) is 7.17. The van der Waals surface area contributed by atoms with Crippen LogP contribution in [0.2, 0.25) is 0 Å². The molecule has 1 aliphatic carbocycles. The summed E-state index contributed by atoms with van der Waals surface area (Å²) in [6, 6.07) is 10.4. The van der Waals surface area contributed by atoms with E-state index in [0.717, 1.165) is 39.0 Å². The van der Waals surface area contributed by atoms with E-state index in [-0.39, 0.29) is 17.8 Å². The maximum Gasteiger partial charge on any atom is 0.233 e. The fraction of sp³-hybridized carbons (Fsp3) is 0.611. The van der Waals surface area contributed by atoms with Gasteiger partial charge in [-0.1, -0.05) is 30.3 Å². The van der Waals surface area contributed by atoms with Crippen LogP contribution in [0, 0.1) is 5.41 Å². The molecule has 4 heteroatoms. The molecule has 0 unspecified atom stereocenters. The van der Waals surface area contributed by atoms with Gasteiger partial charge < -0.3 is 10.2 Å². The van der Waals surface area contributed by atoms with Crippen molar-refractivity contribution in [3.8, 4) is 0 Å². The van der Waals surface area contributed by atoms with E-state index in [9.17, 15) is 4.79 Å². The largest absolute Gasteiger partial charge is 0.341 e. The van der Waals surface area contributed by atoms with E-state index < -0.39 is 0 Å². The molecule has 1 N–H and O–H groups in total. The van der Waals surface area contributed by atoms with Crippen LogP contribution in [0.5, 0.6) is 0 Å². The Morgan fingerprint density at radius 1 is 1.00 bits per heavy atom. The van der Waals surface area contributed by atoms with Crippen LogP contribution >= 0.6 is 12.4 Å². The van der Waals surface area contributed by atoms with Crippen LogP contribution in [0.1, 0.15) is 37.7 Å². The van der Waals surface area contributed by atoms with Gasteiger partial charge >= 0.3 is 0 Å². The molecule has 3 aliphatic rings. The van der Waals surface area contributed by atoms with Gasteiger partial charge in [0.05, 0.1) is 5.41 Å². The van der Waals surface area contributed by atoms with Crippen LogP contribution in [0.25, 0.3) is 0 Å². The molecule has 2 aliphatic heterocycles. The highest BCUT2D eigenvalue weighted by Gasteiger charge is 2.54. The number of carbonyl (C=O) groups is 1. The minimum Gasteiger partial charge on any atom is -0.341 e. The van der Waals surface area contributed by atoms with Crippen molar-refractivity contribution >= 4 is 18.3 Å². The molecule has 0 bridgehead atoms. The van der Waals surface area contributed by atoms with E-state index in [4.69, 9.17) is 0 Å². The van der Waals surface area contributed by atoms with Gasteiger partial charge in [0.2, 0.25) is 5.91 Å². The Morgan fingerprint density at radius 3 is 2.32 bits per heavy atom. The molecule has 0 radical (unpaired) electrons. The highest BCUT2D eigenvalue weighted by molar-refractivity contribution is 5.91. The fourth-order valence-electron chi connectivity index (χ4n) is 4.28. The molecule has 3 fully saturated rings. The number of hydrogen-bond acceptors (Lipinski definition) is 2. The summed E-state index contributed by atoms with van der Waals surface area (Å²) in [5.41, 5.74) is 1.45. The third kappa shape index (κ3) is 2.55. The van der Waals surface area contributed by atoms with Crippen molar-refractivity contribution in [2.45, 2.75) is 37.5 Å². The molecule has 0 atom stereocenters. The standard InChI is InChI=1S/C18H24N2O.ClH/c21-16(18(6-7-18)15-4-2-1-3-5-15)20-13-10-17(14-20)8-11-19-12-9-17;/h1-5,19H,6-14H2;1H. The predicted molar refractivity (Wildman–Crippen MR) is 90.3 cm³/mol. The first-order valence-corrected chi connectivity index (χ1v) is 8.30. The van der Waals surface area contributed by atoms with Crippen LogP contribution in [0.3, 0.4) is 0 Å². The van der Waals surface area contributed by atoms with Gasteiger partial charge in [0.1, 0.15) is 0 Å². The maximum absolute atomic E-state index is 13.1. The maximum atomic E-state index is 13.1. The van der Waals surface area contributed by atoms with Crippen LogP contribution in [-0.4, -0.2) is 37.0 Å². The Kier molecular flexibility index (Phi) is 4.21. The molecule has 1 spiro atoms. The molecule has 1 saturated carbocycles. The molecule has 4 rings (SSSR count). The van der Waals surface area contributed by atoms with Crippen LogP contribution in [0.15, 0.2) is 30.3 Å². The van der Waals surface area contributed by atoms with E-state index >= 15 is 0 Å². The molecular formula is C18H25ClN2O. The zero-order chi connectivity index (χ0) is 14.3. The van der Waals surface area contributed by atoms with Gasteiger partial charge in [-0.3, -0.25) is 4.79 Å². The monoisotopic (exact) mass is 320 g/mol. The third-order valence-electron chi connectivity index (χ3n) is 5.88. The Balaban J connectivity index is 0.00000144. The minimum absolute atomic E-state index is 0. The summed E-state index contributed by atoms with van der Waals surface area (Å²) in [5.74, 6) is 0.393. The van der Waals surface area contributed by atoms with Crippen LogP contribution < -0.4 is 5.32 Å². The average molecular weight is 321 g/mol. The first-order valence-electron chi connectivity index (χ1n) is 8.30. The normalized spacial score (nSPS) is 24.8. The average Bonchev–Trinajstić information content (AvgIpc) is 3.26. The zero-order valence-electron chi connectivity index (χ0n) is 13.0. The number of carbonyl (C=O) groups excluding carboxylic acids is 1. The predicted octanol–water partition coefficient (Wildman–Crippen LogP) is 2.74. The summed E-state index contributed by atoms with van der Waals surface area (Å²) in [7, 11) is 0. The Hall–Kier alpha value is -1.06. The SMILES string of the molecule is Cl.O=C(N1CCC2(CCNCC2)C1)C1(c2ccccc2)CC1. The van der Waals surface area contributed by atoms with Crippen molar-refractivity contribution in [1.29, 1.82) is 0 Å². The van der Waals surface area contributed by atoms with E-state index in [1.807, 2.05) is 6.07 Å². The number of piperidine rings is 1. The number of halogens is 1. The van der Waals surface area contributed by atoms with Crippen molar-refractivity contribution in [1.82, 2.24) is 10.2 Å². The molecule has 120 valence electrons. The van der Waals surface area contributed by atoms with Gasteiger partial charge in [0.25, 0.3) is 0 Å². The number of rotatable bonds is 2. The Morgan fingerprint density at radius 2 is 1.68 bits per heavy atom. The van der Waals surface area contributed by atoms with Crippen molar-refractivity contribution in [2.75, 3.05) is 26.2 Å². The molecule has 1 aromatic carbocycles. The molecule has 1 aromatic rings. The summed E-state index contributed by atoms with van der Waals surface area (Å²) < 4.78 is 0. The summed E-state index contributed by atoms with van der Waals surface area (Å²) >= 11 is 0. The minimum atomic E-state index is -0.181. The summed E-state index contributed by atoms with van der Waals surface area (Å²) in [6.07, 6.45) is 5.72. The first kappa shape index (κ1) is 15.8. The number of likely N-dealkylation sites (tertiary alicyclic amines) is 1. The molecular weight excluding hydrogens is 296 g/mol. The molecule has 3 nitrogen and oxygen atoms in total. The second kappa shape index (κ2) is 5.86. The lowest BCUT2D eigenvalue weighted by molar-refractivity contribution is -0.133. The zero-order valence-corrected chi connectivity index (χ0v) is 13.8. The van der Waals surface area contributed by atoms with Crippen molar-refractivity contribution < 1.29 is 4.79 Å². The number of benzene rings is 1. The van der Waals surface area contributed by atoms with E-state index in [1.54, 1.807) is 0 Å². The fourth-order valence-corrected chi connectivity index (χ4v) is 4.28. The quantitative estimate of drug-likeness (QED) is 0.908. The lowest BCUT2D eigenvalue weighted by Gasteiger charge is -2.34. The first-order chi connectivity index (χ1) is 10.2. The molecule has 0 aromatic heterocycles. The number of amides is 1. The summed E-state index contributed by atoms with van der Waals surface area (Å²) in [4.78, 5) is 15.2. The van der Waals surface area contributed by atoms with Crippen LogP contribution in [0.4, 0.5) is 0 Å². The van der Waals surface area contributed by atoms with E-state index in [0.29, 0.717) is 11.3 Å². The molecule has 22 heavy (non-hydrogen) atoms. The van der Waals surface area contributed by atoms with Gasteiger partial charge in [-0.15, -0.1) is 12.4 Å². The van der Waals surface area contributed by atoms with Crippen LogP contribution in [-0.2, 0) is 10.2 Å². The topological polar surface area (TPSA) is 32.3 Å². The highest BCUT2D eigenvalue weighted by Crippen LogP contribution is 2.51. The number of hydrogen-bond donors (Lipinski definition) is 1. The van der Waals surface area contributed by atoms with E-state index in [1.165, 1.54) is 24.8 Å². The van der Waals surface area contributed by atoms with Crippen molar-refractivity contribution in [3.63, 3.8) is 0 Å². The Bertz CT molecular complexity index is 535. The number of nitrogens with one attached hydrogen (secondary N) is 1. The summed E-state index contributed by atoms with van der Waals surface area (Å²) in [6.45, 7) is 4.19. The van der Waals surface area contributed by atoms with Crippen molar-refractivity contribution in [2.24, 2.45) is 5.41 Å². The molecule has 2 saturated heterocycles. The summed E-state index contributed by atoms with van der Waals surface area (Å²) in [5, 5.41) is 3.44. The van der Waals surface area contributed by atoms with Gasteiger partial charge in [-0.05, 0) is 56.2 Å².